The minimum atomic E-state index is -0.910. The molecule has 0 amide bonds. The van der Waals surface area contributed by atoms with Gasteiger partial charge in [-0.05, 0) is 37.0 Å². The molecular formula is C16H23NO2. The van der Waals surface area contributed by atoms with Gasteiger partial charge < -0.3 is 15.9 Å². The molecule has 3 heteroatoms. The van der Waals surface area contributed by atoms with Crippen molar-refractivity contribution in [3.05, 3.63) is 35.4 Å². The second kappa shape index (κ2) is 7.30. The first-order chi connectivity index (χ1) is 9.03. The van der Waals surface area contributed by atoms with E-state index in [4.69, 9.17) is 5.73 Å². The maximum atomic E-state index is 10.1. The van der Waals surface area contributed by atoms with Crippen LogP contribution in [-0.2, 0) is 6.42 Å². The monoisotopic (exact) mass is 261 g/mol. The van der Waals surface area contributed by atoms with Gasteiger partial charge in [-0.1, -0.05) is 37.8 Å². The fourth-order valence-corrected chi connectivity index (χ4v) is 1.75. The van der Waals surface area contributed by atoms with Crippen LogP contribution >= 0.6 is 0 Å². The van der Waals surface area contributed by atoms with Gasteiger partial charge in [-0.25, -0.2) is 0 Å². The lowest BCUT2D eigenvalue weighted by molar-refractivity contribution is 0.0931. The van der Waals surface area contributed by atoms with Crippen molar-refractivity contribution in [2.24, 2.45) is 5.73 Å². The molecule has 0 saturated carbocycles. The lowest BCUT2D eigenvalue weighted by atomic mass is 9.97. The summed E-state index contributed by atoms with van der Waals surface area (Å²) in [6.45, 7) is 4.10. The van der Waals surface area contributed by atoms with Crippen molar-refractivity contribution in [3.8, 4) is 11.8 Å². The van der Waals surface area contributed by atoms with Crippen LogP contribution < -0.4 is 5.73 Å². The Morgan fingerprint density at radius 2 is 2.00 bits per heavy atom. The zero-order valence-corrected chi connectivity index (χ0v) is 11.7. The van der Waals surface area contributed by atoms with E-state index in [2.05, 4.69) is 11.8 Å². The molecule has 0 aliphatic rings. The van der Waals surface area contributed by atoms with Crippen LogP contribution in [0.3, 0.4) is 0 Å². The van der Waals surface area contributed by atoms with Crippen molar-refractivity contribution in [1.29, 1.82) is 0 Å². The molecule has 0 fully saturated rings. The normalized spacial score (nSPS) is 12.7. The second-order valence-electron chi connectivity index (χ2n) is 4.78. The van der Waals surface area contributed by atoms with Crippen molar-refractivity contribution in [2.45, 2.75) is 44.8 Å². The summed E-state index contributed by atoms with van der Waals surface area (Å²) in [5, 5.41) is 19.6. The van der Waals surface area contributed by atoms with E-state index in [1.807, 2.05) is 38.1 Å². The summed E-state index contributed by atoms with van der Waals surface area (Å²) in [5.41, 5.74) is 6.34. The van der Waals surface area contributed by atoms with Crippen LogP contribution in [0, 0.1) is 11.8 Å². The highest BCUT2D eigenvalue weighted by atomic mass is 16.3. The van der Waals surface area contributed by atoms with E-state index in [0.717, 1.165) is 11.1 Å². The Balaban J connectivity index is 2.86. The molecular weight excluding hydrogens is 238 g/mol. The van der Waals surface area contributed by atoms with Crippen LogP contribution in [0.5, 0.6) is 0 Å². The number of hydrogen-bond donors (Lipinski definition) is 3. The molecule has 0 radical (unpaired) electrons. The summed E-state index contributed by atoms with van der Waals surface area (Å²) in [4.78, 5) is 0. The predicted octanol–water partition coefficient (Wildman–Crippen LogP) is 1.45. The van der Waals surface area contributed by atoms with Gasteiger partial charge in [0.1, 0.15) is 5.60 Å². The van der Waals surface area contributed by atoms with Crippen molar-refractivity contribution in [3.63, 3.8) is 0 Å². The zero-order chi connectivity index (χ0) is 14.3. The molecule has 1 rings (SSSR count). The number of benzene rings is 1. The summed E-state index contributed by atoms with van der Waals surface area (Å²) in [5.74, 6) is 5.93. The smallest absolute Gasteiger partial charge is 0.125 e. The van der Waals surface area contributed by atoms with E-state index >= 15 is 0 Å². The largest absolute Gasteiger partial charge is 0.391 e. The molecule has 19 heavy (non-hydrogen) atoms. The van der Waals surface area contributed by atoms with Crippen LogP contribution in [-0.4, -0.2) is 28.5 Å². The van der Waals surface area contributed by atoms with Gasteiger partial charge in [0.15, 0.2) is 0 Å². The average molecular weight is 261 g/mol. The minimum absolute atomic E-state index is 0.251. The van der Waals surface area contributed by atoms with E-state index in [-0.39, 0.29) is 6.54 Å². The van der Waals surface area contributed by atoms with E-state index < -0.39 is 11.7 Å². The highest BCUT2D eigenvalue weighted by Gasteiger charge is 2.17. The SMILES string of the molecule is CCC(O)(C#Cc1cccc(CC(O)CN)c1)CC. The van der Waals surface area contributed by atoms with Crippen molar-refractivity contribution in [1.82, 2.24) is 0 Å². The number of aliphatic hydroxyl groups excluding tert-OH is 1. The van der Waals surface area contributed by atoms with Crippen LogP contribution in [0.2, 0.25) is 0 Å². The molecule has 0 aliphatic heterocycles. The number of rotatable bonds is 5. The van der Waals surface area contributed by atoms with Crippen molar-refractivity contribution < 1.29 is 10.2 Å². The Morgan fingerprint density at radius 1 is 1.32 bits per heavy atom. The molecule has 0 spiro atoms. The average Bonchev–Trinajstić information content (AvgIpc) is 2.45. The Kier molecular flexibility index (Phi) is 6.04. The Labute approximate surface area is 115 Å². The predicted molar refractivity (Wildman–Crippen MR) is 77.6 cm³/mol. The van der Waals surface area contributed by atoms with Crippen LogP contribution in [0.4, 0.5) is 0 Å². The Morgan fingerprint density at radius 3 is 2.58 bits per heavy atom. The van der Waals surface area contributed by atoms with Gasteiger partial charge in [0, 0.05) is 12.1 Å². The van der Waals surface area contributed by atoms with Crippen LogP contribution in [0.15, 0.2) is 24.3 Å². The molecule has 4 N–H and O–H groups in total. The van der Waals surface area contributed by atoms with Crippen molar-refractivity contribution in [2.75, 3.05) is 6.54 Å². The summed E-state index contributed by atoms with van der Waals surface area (Å²) >= 11 is 0. The molecule has 0 heterocycles. The van der Waals surface area contributed by atoms with Crippen molar-refractivity contribution >= 4 is 0 Å². The maximum Gasteiger partial charge on any atom is 0.125 e. The lowest BCUT2D eigenvalue weighted by Gasteiger charge is -2.17. The zero-order valence-electron chi connectivity index (χ0n) is 11.7. The van der Waals surface area contributed by atoms with E-state index in [1.54, 1.807) is 0 Å². The lowest BCUT2D eigenvalue weighted by Crippen LogP contribution is -2.23. The summed E-state index contributed by atoms with van der Waals surface area (Å²) in [7, 11) is 0. The minimum Gasteiger partial charge on any atom is -0.391 e. The van der Waals surface area contributed by atoms with Crippen LogP contribution in [0.1, 0.15) is 37.8 Å². The summed E-state index contributed by atoms with van der Waals surface area (Å²) in [6.07, 6.45) is 1.23. The standard InChI is InChI=1S/C16H23NO2/c1-3-16(19,4-2)9-8-13-6-5-7-14(10-13)11-15(18)12-17/h5-7,10,15,18-19H,3-4,11-12,17H2,1-2H3. The number of nitrogens with two attached hydrogens (primary N) is 1. The molecule has 1 unspecified atom stereocenters. The first-order valence-electron chi connectivity index (χ1n) is 6.75. The van der Waals surface area contributed by atoms with Crippen LogP contribution in [0.25, 0.3) is 0 Å². The Bertz CT molecular complexity index is 455. The molecule has 0 aromatic heterocycles. The number of hydrogen-bond acceptors (Lipinski definition) is 3. The second-order valence-corrected chi connectivity index (χ2v) is 4.78. The van der Waals surface area contributed by atoms with Gasteiger partial charge in [-0.3, -0.25) is 0 Å². The third-order valence-corrected chi connectivity index (χ3v) is 3.28. The van der Waals surface area contributed by atoms with Gasteiger partial charge in [0.05, 0.1) is 6.10 Å². The molecule has 104 valence electrons. The topological polar surface area (TPSA) is 66.5 Å². The maximum absolute atomic E-state index is 10.1. The van der Waals surface area contributed by atoms with E-state index in [9.17, 15) is 10.2 Å². The molecule has 0 bridgehead atoms. The van der Waals surface area contributed by atoms with Gasteiger partial charge in [-0.2, -0.15) is 0 Å². The third kappa shape index (κ3) is 5.04. The first-order valence-corrected chi connectivity index (χ1v) is 6.75. The fraction of sp³-hybridized carbons (Fsp3) is 0.500. The quantitative estimate of drug-likeness (QED) is 0.703. The third-order valence-electron chi connectivity index (χ3n) is 3.28. The van der Waals surface area contributed by atoms with Gasteiger partial charge >= 0.3 is 0 Å². The molecule has 1 atom stereocenters. The highest BCUT2D eigenvalue weighted by Crippen LogP contribution is 2.13. The fourth-order valence-electron chi connectivity index (χ4n) is 1.75. The van der Waals surface area contributed by atoms with E-state index in [0.29, 0.717) is 19.3 Å². The molecule has 3 nitrogen and oxygen atoms in total. The summed E-state index contributed by atoms with van der Waals surface area (Å²) in [6, 6.07) is 7.67. The molecule has 0 aliphatic carbocycles. The van der Waals surface area contributed by atoms with E-state index in [1.165, 1.54) is 0 Å². The van der Waals surface area contributed by atoms with Gasteiger partial charge in [-0.15, -0.1) is 0 Å². The van der Waals surface area contributed by atoms with Gasteiger partial charge in [0.25, 0.3) is 0 Å². The Hall–Kier alpha value is -1.34. The first kappa shape index (κ1) is 15.7. The van der Waals surface area contributed by atoms with Gasteiger partial charge in [0.2, 0.25) is 0 Å². The molecule has 0 saturated heterocycles. The summed E-state index contributed by atoms with van der Waals surface area (Å²) < 4.78 is 0. The molecule has 1 aromatic rings. The number of aliphatic hydroxyl groups is 2. The molecule has 1 aromatic carbocycles. The highest BCUT2D eigenvalue weighted by molar-refractivity contribution is 5.39.